The molecule has 7 rings (SSSR count). The van der Waals surface area contributed by atoms with E-state index >= 15 is 0 Å². The Morgan fingerprint density at radius 1 is 1.16 bits per heavy atom. The summed E-state index contributed by atoms with van der Waals surface area (Å²) in [7, 11) is 0. The number of nitro groups is 1. The van der Waals surface area contributed by atoms with Crippen molar-refractivity contribution in [1.82, 2.24) is 0 Å². The Bertz CT molecular complexity index is 1310. The number of carbonyl (C=O) groups excluding carboxylic acids is 3. The van der Waals surface area contributed by atoms with E-state index in [1.807, 2.05) is 0 Å². The zero-order valence-corrected chi connectivity index (χ0v) is 20.8. The first-order valence-electron chi connectivity index (χ1n) is 13.1. The van der Waals surface area contributed by atoms with Crippen molar-refractivity contribution in [2.45, 2.75) is 68.9 Å². The number of non-ortho nitro benzene ring substituents is 1. The molecule has 2 spiro atoms. The first-order chi connectivity index (χ1) is 18.2. The molecule has 0 bridgehead atoms. The van der Waals surface area contributed by atoms with E-state index in [1.54, 1.807) is 0 Å². The lowest BCUT2D eigenvalue weighted by atomic mass is 9.47. The van der Waals surface area contributed by atoms with E-state index in [0.29, 0.717) is 38.7 Å². The quantitative estimate of drug-likeness (QED) is 0.135. The molecule has 0 aromatic heterocycles. The molecule has 11 nitrogen and oxygen atoms in total. The molecule has 3 aliphatic carbocycles. The van der Waals surface area contributed by atoms with E-state index in [4.69, 9.17) is 23.7 Å². The first-order valence-corrected chi connectivity index (χ1v) is 13.1. The highest BCUT2D eigenvalue weighted by Crippen LogP contribution is 2.78. The normalized spacial score (nSPS) is 39.6. The molecule has 38 heavy (non-hydrogen) atoms. The molecule has 11 heteroatoms. The second-order valence-corrected chi connectivity index (χ2v) is 11.4. The fraction of sp³-hybridized carbons (Fsp3) is 0.593. The second kappa shape index (κ2) is 7.86. The molecule has 1 aromatic rings. The number of epoxide rings is 2. The number of hydrogen-bond acceptors (Lipinski definition) is 10. The Hall–Kier alpha value is -3.31. The van der Waals surface area contributed by atoms with Crippen LogP contribution in [-0.2, 0) is 28.5 Å². The van der Waals surface area contributed by atoms with Crippen molar-refractivity contribution in [2.75, 3.05) is 13.2 Å². The molecule has 6 aliphatic rings. The zero-order valence-electron chi connectivity index (χ0n) is 20.8. The third-order valence-corrected chi connectivity index (χ3v) is 9.78. The van der Waals surface area contributed by atoms with Gasteiger partial charge in [0, 0.05) is 29.0 Å². The third-order valence-electron chi connectivity index (χ3n) is 9.78. The minimum absolute atomic E-state index is 0.0730. The molecule has 4 fully saturated rings. The second-order valence-electron chi connectivity index (χ2n) is 11.4. The van der Waals surface area contributed by atoms with Gasteiger partial charge in [-0.1, -0.05) is 6.92 Å². The summed E-state index contributed by atoms with van der Waals surface area (Å²) in [5.41, 5.74) is -0.0732. The largest absolute Gasteiger partial charge is 0.513 e. The van der Waals surface area contributed by atoms with Crippen molar-refractivity contribution >= 4 is 23.6 Å². The monoisotopic (exact) mass is 525 g/mol. The highest BCUT2D eigenvalue weighted by molar-refractivity contribution is 5.97. The van der Waals surface area contributed by atoms with E-state index in [0.717, 1.165) is 17.6 Å². The van der Waals surface area contributed by atoms with Crippen LogP contribution in [0.5, 0.6) is 5.75 Å². The number of esters is 1. The van der Waals surface area contributed by atoms with Crippen LogP contribution in [-0.4, -0.2) is 59.5 Å². The number of cyclic esters (lactones) is 1. The average Bonchev–Trinajstić information content (AvgIpc) is 3.77. The van der Waals surface area contributed by atoms with Crippen LogP contribution >= 0.6 is 0 Å². The number of ketones is 1. The van der Waals surface area contributed by atoms with Crippen LogP contribution in [0.1, 0.15) is 45.4 Å². The summed E-state index contributed by atoms with van der Waals surface area (Å²) in [4.78, 5) is 48.2. The Balaban J connectivity index is 0.973. The lowest BCUT2D eigenvalue weighted by Gasteiger charge is -2.52. The van der Waals surface area contributed by atoms with Crippen LogP contribution in [0.2, 0.25) is 0 Å². The van der Waals surface area contributed by atoms with Gasteiger partial charge in [-0.3, -0.25) is 14.9 Å². The number of benzene rings is 1. The fourth-order valence-corrected chi connectivity index (χ4v) is 7.98. The van der Waals surface area contributed by atoms with Gasteiger partial charge in [0.2, 0.25) is 0 Å². The SMILES string of the molecule is CC12CCC3=C(COC3=O)C1CC1OC13C(=O)C(CCCOC(=O)Oc1ccc([N+](=O)[O-])cc1)CC1OC123. The molecule has 7 unspecified atom stereocenters. The van der Waals surface area contributed by atoms with Gasteiger partial charge in [-0.2, -0.15) is 0 Å². The summed E-state index contributed by atoms with van der Waals surface area (Å²) in [5, 5.41) is 10.7. The number of rotatable bonds is 6. The van der Waals surface area contributed by atoms with Gasteiger partial charge in [0.1, 0.15) is 18.0 Å². The number of nitro benzene ring substituents is 1. The van der Waals surface area contributed by atoms with Crippen LogP contribution in [0.4, 0.5) is 10.5 Å². The molecule has 2 saturated carbocycles. The summed E-state index contributed by atoms with van der Waals surface area (Å²) in [6.45, 7) is 2.61. The van der Waals surface area contributed by atoms with Crippen LogP contribution in [0.3, 0.4) is 0 Å². The van der Waals surface area contributed by atoms with Crippen molar-refractivity contribution in [1.29, 1.82) is 0 Å². The number of carbonyl (C=O) groups is 3. The minimum Gasteiger partial charge on any atom is -0.458 e. The summed E-state index contributed by atoms with van der Waals surface area (Å²) >= 11 is 0. The average molecular weight is 526 g/mol. The van der Waals surface area contributed by atoms with Crippen LogP contribution in [0, 0.1) is 27.4 Å². The van der Waals surface area contributed by atoms with Crippen molar-refractivity contribution in [2.24, 2.45) is 17.3 Å². The van der Waals surface area contributed by atoms with Gasteiger partial charge in [0.15, 0.2) is 11.4 Å². The molecule has 0 radical (unpaired) electrons. The Labute approximate surface area is 217 Å². The molecule has 3 aliphatic heterocycles. The number of hydrogen-bond donors (Lipinski definition) is 0. The fourth-order valence-electron chi connectivity index (χ4n) is 7.98. The molecular formula is C27H27NO10. The van der Waals surface area contributed by atoms with Crippen molar-refractivity contribution in [3.63, 3.8) is 0 Å². The zero-order chi connectivity index (χ0) is 26.4. The van der Waals surface area contributed by atoms with E-state index in [1.165, 1.54) is 24.3 Å². The summed E-state index contributed by atoms with van der Waals surface area (Å²) in [5.74, 6) is -0.111. The summed E-state index contributed by atoms with van der Waals surface area (Å²) in [6, 6.07) is 5.12. The maximum atomic E-state index is 13.8. The van der Waals surface area contributed by atoms with E-state index in [2.05, 4.69) is 6.92 Å². The van der Waals surface area contributed by atoms with Gasteiger partial charge in [0.25, 0.3) is 5.69 Å². The van der Waals surface area contributed by atoms with Crippen molar-refractivity contribution in [3.05, 3.63) is 45.5 Å². The molecular weight excluding hydrogens is 498 g/mol. The van der Waals surface area contributed by atoms with Crippen LogP contribution in [0.25, 0.3) is 0 Å². The van der Waals surface area contributed by atoms with Gasteiger partial charge in [-0.05, 0) is 62.1 Å². The minimum atomic E-state index is -0.914. The third kappa shape index (κ3) is 3.00. The molecule has 7 atom stereocenters. The van der Waals surface area contributed by atoms with Crippen molar-refractivity contribution < 1.29 is 43.0 Å². The topological polar surface area (TPSA) is 147 Å². The molecule has 2 saturated heterocycles. The Kier molecular flexibility index (Phi) is 4.92. The van der Waals surface area contributed by atoms with E-state index in [-0.39, 0.29) is 59.3 Å². The predicted octanol–water partition coefficient (Wildman–Crippen LogP) is 3.43. The van der Waals surface area contributed by atoms with Gasteiger partial charge in [0.05, 0.1) is 23.7 Å². The molecule has 0 N–H and O–H groups in total. The number of fused-ring (bicyclic) bond motifs is 2. The van der Waals surface area contributed by atoms with Gasteiger partial charge in [-0.15, -0.1) is 0 Å². The molecule has 1 aromatic carbocycles. The molecule has 3 heterocycles. The standard InChI is InChI=1S/C27H27NO10/c1-25-9-8-17-18(13-35-23(17)30)19(25)12-20-26(37-20)22(29)14(11-21-27(25,26)38-21)3-2-10-34-24(31)36-16-6-4-15(5-7-16)28(32)33/h4-7,14,19-21H,2-3,8-13H2,1H3. The molecule has 200 valence electrons. The van der Waals surface area contributed by atoms with Crippen molar-refractivity contribution in [3.8, 4) is 5.75 Å². The van der Waals surface area contributed by atoms with Crippen LogP contribution in [0.15, 0.2) is 35.4 Å². The highest BCUT2D eigenvalue weighted by Gasteiger charge is 2.93. The highest BCUT2D eigenvalue weighted by atomic mass is 16.7. The van der Waals surface area contributed by atoms with Gasteiger partial charge in [-0.25, -0.2) is 9.59 Å². The number of Topliss-reactive ketones (excluding diaryl/α,β-unsaturated/α-hetero) is 1. The lowest BCUT2D eigenvalue weighted by Crippen LogP contribution is -2.64. The van der Waals surface area contributed by atoms with E-state index in [9.17, 15) is 24.5 Å². The number of nitrogens with zero attached hydrogens (tertiary/aromatic N) is 1. The van der Waals surface area contributed by atoms with Gasteiger partial charge < -0.3 is 23.7 Å². The van der Waals surface area contributed by atoms with E-state index < -0.39 is 22.3 Å². The molecule has 0 amide bonds. The summed E-state index contributed by atoms with van der Waals surface area (Å²) < 4.78 is 28.3. The maximum absolute atomic E-state index is 13.8. The lowest BCUT2D eigenvalue weighted by molar-refractivity contribution is -0.384. The smallest absolute Gasteiger partial charge is 0.458 e. The summed E-state index contributed by atoms with van der Waals surface area (Å²) in [6.07, 6.45) is 2.53. The Morgan fingerprint density at radius 2 is 1.95 bits per heavy atom. The Morgan fingerprint density at radius 3 is 2.71 bits per heavy atom. The van der Waals surface area contributed by atoms with Gasteiger partial charge >= 0.3 is 12.1 Å². The maximum Gasteiger partial charge on any atom is 0.513 e. The first kappa shape index (κ1) is 23.8. The number of ether oxygens (including phenoxy) is 5. The predicted molar refractivity (Wildman–Crippen MR) is 126 cm³/mol. The van der Waals surface area contributed by atoms with Crippen LogP contribution < -0.4 is 4.74 Å².